The van der Waals surface area contributed by atoms with Crippen LogP contribution in [0.15, 0.2) is 24.3 Å². The van der Waals surface area contributed by atoms with Gasteiger partial charge in [0.2, 0.25) is 0 Å². The van der Waals surface area contributed by atoms with Crippen molar-refractivity contribution < 1.29 is 27.5 Å². The summed E-state index contributed by atoms with van der Waals surface area (Å²) >= 11 is 1.11. The maximum absolute atomic E-state index is 13.4. The number of fused-ring (bicyclic) bond motifs is 1. The number of aromatic nitrogens is 3. The first kappa shape index (κ1) is 25.1. The molecule has 1 aliphatic rings. The minimum absolute atomic E-state index is 0.0332. The summed E-state index contributed by atoms with van der Waals surface area (Å²) in [7, 11) is 1.60. The van der Waals surface area contributed by atoms with Gasteiger partial charge in [-0.25, -0.2) is 4.68 Å². The van der Waals surface area contributed by atoms with E-state index in [0.717, 1.165) is 48.4 Å². The Hall–Kier alpha value is -2.99. The molecule has 12 heteroatoms. The summed E-state index contributed by atoms with van der Waals surface area (Å²) in [5.41, 5.74) is -0.556. The lowest BCUT2D eigenvalue weighted by Crippen LogP contribution is -2.38. The average Bonchev–Trinajstić information content (AvgIpc) is 3.47. The number of halogens is 3. The zero-order valence-electron chi connectivity index (χ0n) is 19.8. The van der Waals surface area contributed by atoms with Gasteiger partial charge in [0.1, 0.15) is 4.70 Å². The molecule has 35 heavy (non-hydrogen) atoms. The van der Waals surface area contributed by atoms with Crippen LogP contribution in [0.2, 0.25) is 0 Å². The summed E-state index contributed by atoms with van der Waals surface area (Å²) in [4.78, 5) is 32.4. The Kier molecular flexibility index (Phi) is 6.62. The fourth-order valence-electron chi connectivity index (χ4n) is 4.05. The summed E-state index contributed by atoms with van der Waals surface area (Å²) in [6.45, 7) is 6.82. The molecule has 2 aromatic heterocycles. The molecule has 3 aromatic rings. The number of amides is 2. The molecule has 0 saturated carbocycles. The third-order valence-electron chi connectivity index (χ3n) is 5.75. The Balaban J connectivity index is 1.65. The van der Waals surface area contributed by atoms with Gasteiger partial charge in [-0.2, -0.15) is 23.3 Å². The number of hydrogen-bond acceptors (Lipinski definition) is 6. The van der Waals surface area contributed by atoms with Crippen molar-refractivity contribution in [2.24, 2.45) is 0 Å². The predicted octanol–water partition coefficient (Wildman–Crippen LogP) is 4.77. The van der Waals surface area contributed by atoms with Crippen LogP contribution >= 0.6 is 11.3 Å². The Bertz CT molecular complexity index is 1240. The minimum atomic E-state index is -4.48. The van der Waals surface area contributed by atoms with Crippen molar-refractivity contribution in [3.63, 3.8) is 0 Å². The summed E-state index contributed by atoms with van der Waals surface area (Å²) in [6, 6.07) is 3.90. The van der Waals surface area contributed by atoms with Crippen molar-refractivity contribution in [3.05, 3.63) is 41.1 Å². The first-order valence-electron chi connectivity index (χ1n) is 11.1. The van der Waals surface area contributed by atoms with Crippen LogP contribution in [0.25, 0.3) is 10.3 Å². The van der Waals surface area contributed by atoms with E-state index in [0.29, 0.717) is 23.5 Å². The zero-order valence-corrected chi connectivity index (χ0v) is 20.6. The average molecular weight is 510 g/mol. The molecule has 8 nitrogen and oxygen atoms in total. The molecular formula is C23H26F3N5O3S. The van der Waals surface area contributed by atoms with Crippen molar-refractivity contribution in [1.82, 2.24) is 19.7 Å². The molecular weight excluding hydrogens is 483 g/mol. The molecule has 2 amide bonds. The number of hydrogen-bond donors (Lipinski definition) is 1. The molecule has 3 heterocycles. The maximum atomic E-state index is 13.4. The van der Waals surface area contributed by atoms with Gasteiger partial charge in [0.05, 0.1) is 23.8 Å². The third-order valence-corrected chi connectivity index (χ3v) is 6.72. The molecule has 0 bridgehead atoms. The molecule has 1 aromatic carbocycles. The molecule has 0 radical (unpaired) electrons. The summed E-state index contributed by atoms with van der Waals surface area (Å²) in [5.74, 6) is -0.820. The molecule has 188 valence electrons. The number of ether oxygens (including phenoxy) is 1. The number of methoxy groups -OCH3 is 1. The Morgan fingerprint density at radius 3 is 2.49 bits per heavy atom. The number of nitrogens with zero attached hydrogens (tertiary/aromatic N) is 4. The molecule has 1 atom stereocenters. The number of carbonyl (C=O) groups is 2. The topological polar surface area (TPSA) is 89.3 Å². The lowest BCUT2D eigenvalue weighted by molar-refractivity contribution is -0.137. The van der Waals surface area contributed by atoms with Crippen molar-refractivity contribution >= 4 is 38.6 Å². The number of benzene rings is 1. The lowest BCUT2D eigenvalue weighted by Gasteiger charge is -2.23. The van der Waals surface area contributed by atoms with E-state index in [1.54, 1.807) is 16.7 Å². The highest BCUT2D eigenvalue weighted by Crippen LogP contribution is 2.34. The zero-order chi connectivity index (χ0) is 25.5. The first-order valence-corrected chi connectivity index (χ1v) is 11.9. The van der Waals surface area contributed by atoms with Crippen LogP contribution in [0.3, 0.4) is 0 Å². The van der Waals surface area contributed by atoms with E-state index in [9.17, 15) is 22.8 Å². The van der Waals surface area contributed by atoms with Crippen LogP contribution in [0, 0.1) is 0 Å². The minimum Gasteiger partial charge on any atom is -0.383 e. The molecule has 0 spiro atoms. The van der Waals surface area contributed by atoms with E-state index in [4.69, 9.17) is 4.74 Å². The predicted molar refractivity (Wildman–Crippen MR) is 126 cm³/mol. The number of rotatable bonds is 5. The molecule has 1 aliphatic heterocycles. The summed E-state index contributed by atoms with van der Waals surface area (Å²) < 4.78 is 45.9. The van der Waals surface area contributed by atoms with Gasteiger partial charge in [-0.15, -0.1) is 0 Å². The van der Waals surface area contributed by atoms with E-state index in [2.05, 4.69) is 15.4 Å². The molecule has 1 fully saturated rings. The monoisotopic (exact) mass is 509 g/mol. The van der Waals surface area contributed by atoms with Crippen LogP contribution in [0.4, 0.5) is 18.3 Å². The Morgan fingerprint density at radius 1 is 1.20 bits per heavy atom. The van der Waals surface area contributed by atoms with Crippen molar-refractivity contribution in [3.8, 4) is 0 Å². The quantitative estimate of drug-likeness (QED) is 0.535. The Labute approximate surface area is 204 Å². The summed E-state index contributed by atoms with van der Waals surface area (Å²) in [5, 5.41) is 7.45. The van der Waals surface area contributed by atoms with Crippen LogP contribution in [0.1, 0.15) is 60.0 Å². The standard InChI is InChI=1S/C23H26F3N5O3S/c1-22(2,3)31-18-17(16(29-31)20(33)30-11-5-6-15(30)12-34-4)35-21(27-18)28-19(32)13-7-9-14(10-8-13)23(24,25)26/h7-10,15H,5-6,11-12H2,1-4H3,(H,27,28,32)/t15-/m1/s1. The molecule has 1 saturated heterocycles. The highest BCUT2D eigenvalue weighted by molar-refractivity contribution is 7.22. The van der Waals surface area contributed by atoms with Crippen molar-refractivity contribution in [1.29, 1.82) is 0 Å². The number of alkyl halides is 3. The van der Waals surface area contributed by atoms with Gasteiger partial charge in [-0.05, 0) is 57.9 Å². The number of carbonyl (C=O) groups excluding carboxylic acids is 2. The Morgan fingerprint density at radius 2 is 1.89 bits per heavy atom. The van der Waals surface area contributed by atoms with Gasteiger partial charge in [-0.3, -0.25) is 14.9 Å². The normalized spacial score (nSPS) is 16.8. The highest BCUT2D eigenvalue weighted by Gasteiger charge is 2.35. The molecule has 4 rings (SSSR count). The third kappa shape index (κ3) is 5.03. The van der Waals surface area contributed by atoms with Crippen molar-refractivity contribution in [2.75, 3.05) is 25.6 Å². The number of anilines is 1. The van der Waals surface area contributed by atoms with E-state index >= 15 is 0 Å². The second kappa shape index (κ2) is 9.23. The van der Waals surface area contributed by atoms with E-state index < -0.39 is 23.2 Å². The van der Waals surface area contributed by atoms with Gasteiger partial charge in [-0.1, -0.05) is 11.3 Å². The molecule has 0 unspecified atom stereocenters. The van der Waals surface area contributed by atoms with Crippen LogP contribution in [0.5, 0.6) is 0 Å². The van der Waals surface area contributed by atoms with Gasteiger partial charge >= 0.3 is 6.18 Å². The summed E-state index contributed by atoms with van der Waals surface area (Å²) in [6.07, 6.45) is -2.76. The van der Waals surface area contributed by atoms with Crippen LogP contribution in [-0.4, -0.2) is 57.8 Å². The first-order chi connectivity index (χ1) is 16.4. The van der Waals surface area contributed by atoms with E-state index in [1.807, 2.05) is 20.8 Å². The van der Waals surface area contributed by atoms with Crippen LogP contribution in [-0.2, 0) is 16.5 Å². The fourth-order valence-corrected chi connectivity index (χ4v) is 4.97. The van der Waals surface area contributed by atoms with Gasteiger partial charge < -0.3 is 9.64 Å². The van der Waals surface area contributed by atoms with Crippen LogP contribution < -0.4 is 5.32 Å². The number of likely N-dealkylation sites (tertiary alicyclic amines) is 1. The van der Waals surface area contributed by atoms with Gasteiger partial charge in [0.15, 0.2) is 16.5 Å². The fraction of sp³-hybridized carbons (Fsp3) is 0.478. The second-order valence-corrected chi connectivity index (χ2v) is 10.4. The van der Waals surface area contributed by atoms with Gasteiger partial charge in [0, 0.05) is 19.2 Å². The van der Waals surface area contributed by atoms with Gasteiger partial charge in [0.25, 0.3) is 11.8 Å². The second-order valence-electron chi connectivity index (χ2n) is 9.38. The van der Waals surface area contributed by atoms with E-state index in [1.165, 1.54) is 0 Å². The maximum Gasteiger partial charge on any atom is 0.416 e. The largest absolute Gasteiger partial charge is 0.416 e. The molecule has 0 aliphatic carbocycles. The SMILES string of the molecule is COC[C@H]1CCCN1C(=O)c1nn(C(C)(C)C)c2nc(NC(=O)c3ccc(C(F)(F)F)cc3)sc12. The lowest BCUT2D eigenvalue weighted by atomic mass is 10.1. The smallest absolute Gasteiger partial charge is 0.383 e. The van der Waals surface area contributed by atoms with E-state index in [-0.39, 0.29) is 28.3 Å². The highest BCUT2D eigenvalue weighted by atomic mass is 32.1. The molecule has 1 N–H and O–H groups in total. The van der Waals surface area contributed by atoms with Crippen molar-refractivity contribution in [2.45, 2.75) is 51.4 Å². The number of thiazole rings is 1. The number of nitrogens with one attached hydrogen (secondary N) is 1.